The van der Waals surface area contributed by atoms with E-state index in [1.54, 1.807) is 17.7 Å². The highest BCUT2D eigenvalue weighted by Gasteiger charge is 2.13. The van der Waals surface area contributed by atoms with Crippen LogP contribution in [0.25, 0.3) is 10.8 Å². The van der Waals surface area contributed by atoms with Gasteiger partial charge in [0.2, 0.25) is 0 Å². The molecule has 7 heteroatoms. The minimum absolute atomic E-state index is 0.196. The molecule has 0 atom stereocenters. The molecule has 0 aliphatic carbocycles. The number of amides is 1. The van der Waals surface area contributed by atoms with Crippen LogP contribution in [0.5, 0.6) is 0 Å². The van der Waals surface area contributed by atoms with E-state index in [1.807, 2.05) is 29.8 Å². The molecule has 0 fully saturated rings. The SMILES string of the molecule is Cc1cc(C)n(Cc2cccc(CNC(=O)c3csc(-c4ccco4)n3)c2)n1. The van der Waals surface area contributed by atoms with Crippen molar-refractivity contribution in [1.29, 1.82) is 0 Å². The standard InChI is InChI=1S/C21H20N4O2S/c1-14-9-15(2)25(24-14)12-17-6-3-5-16(10-17)11-22-20(26)18-13-28-21(23-18)19-7-4-8-27-19/h3-10,13H,11-12H2,1-2H3,(H,22,26). The number of aryl methyl sites for hydroxylation is 2. The second-order valence-corrected chi connectivity index (χ2v) is 7.46. The van der Waals surface area contributed by atoms with Crippen LogP contribution in [0.2, 0.25) is 0 Å². The van der Waals surface area contributed by atoms with E-state index < -0.39 is 0 Å². The molecular formula is C21H20N4O2S. The summed E-state index contributed by atoms with van der Waals surface area (Å²) in [6.07, 6.45) is 1.59. The van der Waals surface area contributed by atoms with Crippen LogP contribution >= 0.6 is 11.3 Å². The van der Waals surface area contributed by atoms with Gasteiger partial charge in [0.1, 0.15) is 5.69 Å². The zero-order valence-corrected chi connectivity index (χ0v) is 16.5. The molecule has 0 aliphatic rings. The number of hydrogen-bond acceptors (Lipinski definition) is 5. The molecule has 1 aromatic carbocycles. The third-order valence-electron chi connectivity index (χ3n) is 4.35. The van der Waals surface area contributed by atoms with Crippen LogP contribution in [-0.4, -0.2) is 20.7 Å². The molecule has 0 saturated carbocycles. The summed E-state index contributed by atoms with van der Waals surface area (Å²) in [5.74, 6) is 0.471. The molecule has 28 heavy (non-hydrogen) atoms. The maximum atomic E-state index is 12.4. The molecule has 6 nitrogen and oxygen atoms in total. The molecule has 0 radical (unpaired) electrons. The Balaban J connectivity index is 1.39. The van der Waals surface area contributed by atoms with Gasteiger partial charge in [0.05, 0.1) is 18.5 Å². The highest BCUT2D eigenvalue weighted by atomic mass is 32.1. The van der Waals surface area contributed by atoms with Gasteiger partial charge in [0.25, 0.3) is 5.91 Å². The van der Waals surface area contributed by atoms with E-state index in [0.717, 1.165) is 22.5 Å². The van der Waals surface area contributed by atoms with E-state index in [9.17, 15) is 4.79 Å². The first kappa shape index (κ1) is 18.2. The summed E-state index contributed by atoms with van der Waals surface area (Å²) in [7, 11) is 0. The average Bonchev–Trinajstić information content (AvgIpc) is 3.41. The molecule has 0 aliphatic heterocycles. The molecule has 0 spiro atoms. The lowest BCUT2D eigenvalue weighted by Crippen LogP contribution is -2.23. The number of nitrogens with one attached hydrogen (secondary N) is 1. The van der Waals surface area contributed by atoms with Crippen LogP contribution in [0.3, 0.4) is 0 Å². The Bertz CT molecular complexity index is 1100. The zero-order valence-electron chi connectivity index (χ0n) is 15.7. The summed E-state index contributed by atoms with van der Waals surface area (Å²) in [5.41, 5.74) is 4.72. The molecule has 0 bridgehead atoms. The van der Waals surface area contributed by atoms with Gasteiger partial charge in [-0.05, 0) is 43.2 Å². The van der Waals surface area contributed by atoms with Gasteiger partial charge in [-0.3, -0.25) is 9.48 Å². The summed E-state index contributed by atoms with van der Waals surface area (Å²) >= 11 is 1.39. The molecule has 3 aromatic heterocycles. The van der Waals surface area contributed by atoms with Crippen LogP contribution in [0.15, 0.2) is 58.5 Å². The van der Waals surface area contributed by atoms with Gasteiger partial charge in [-0.25, -0.2) is 4.98 Å². The number of hydrogen-bond donors (Lipinski definition) is 1. The third-order valence-corrected chi connectivity index (χ3v) is 5.21. The molecule has 3 heterocycles. The largest absolute Gasteiger partial charge is 0.462 e. The van der Waals surface area contributed by atoms with Crippen molar-refractivity contribution in [1.82, 2.24) is 20.1 Å². The van der Waals surface area contributed by atoms with Crippen LogP contribution in [-0.2, 0) is 13.1 Å². The lowest BCUT2D eigenvalue weighted by atomic mass is 10.1. The molecule has 142 valence electrons. The number of carbonyl (C=O) groups is 1. The number of furan rings is 1. The predicted octanol–water partition coefficient (Wildman–Crippen LogP) is 4.19. The Kier molecular flexibility index (Phi) is 5.08. The van der Waals surface area contributed by atoms with E-state index in [-0.39, 0.29) is 5.91 Å². The Labute approximate surface area is 166 Å². The molecule has 1 amide bonds. The summed E-state index contributed by atoms with van der Waals surface area (Å²) < 4.78 is 7.31. The molecule has 4 aromatic rings. The van der Waals surface area contributed by atoms with Gasteiger partial charge in [0, 0.05) is 17.6 Å². The fourth-order valence-corrected chi connectivity index (χ4v) is 3.78. The second kappa shape index (κ2) is 7.82. The van der Waals surface area contributed by atoms with Crippen molar-refractivity contribution in [2.45, 2.75) is 26.9 Å². The van der Waals surface area contributed by atoms with Gasteiger partial charge in [-0.1, -0.05) is 24.3 Å². The highest BCUT2D eigenvalue weighted by molar-refractivity contribution is 7.13. The maximum absolute atomic E-state index is 12.4. The summed E-state index contributed by atoms with van der Waals surface area (Å²) in [6, 6.07) is 13.9. The van der Waals surface area contributed by atoms with Crippen LogP contribution in [0, 0.1) is 13.8 Å². The molecule has 0 unspecified atom stereocenters. The quantitative estimate of drug-likeness (QED) is 0.534. The molecule has 4 rings (SSSR count). The Hall–Kier alpha value is -3.19. The summed E-state index contributed by atoms with van der Waals surface area (Å²) in [6.45, 7) is 5.19. The Morgan fingerprint density at radius 3 is 2.79 bits per heavy atom. The minimum atomic E-state index is -0.196. The minimum Gasteiger partial charge on any atom is -0.462 e. The van der Waals surface area contributed by atoms with Crippen molar-refractivity contribution in [3.63, 3.8) is 0 Å². The lowest BCUT2D eigenvalue weighted by molar-refractivity contribution is 0.0946. The topological polar surface area (TPSA) is 73.0 Å². The number of rotatable bonds is 6. The van der Waals surface area contributed by atoms with Gasteiger partial charge in [-0.2, -0.15) is 5.10 Å². The Morgan fingerprint density at radius 2 is 2.04 bits per heavy atom. The van der Waals surface area contributed by atoms with Crippen molar-refractivity contribution < 1.29 is 9.21 Å². The van der Waals surface area contributed by atoms with Gasteiger partial charge >= 0.3 is 0 Å². The number of aromatic nitrogens is 3. The smallest absolute Gasteiger partial charge is 0.271 e. The number of thiazole rings is 1. The molecule has 0 saturated heterocycles. The van der Waals surface area contributed by atoms with Crippen LogP contribution in [0.4, 0.5) is 0 Å². The first-order valence-corrected chi connectivity index (χ1v) is 9.83. The van der Waals surface area contributed by atoms with Gasteiger partial charge in [-0.15, -0.1) is 11.3 Å². The van der Waals surface area contributed by atoms with Crippen molar-refractivity contribution in [3.8, 4) is 10.8 Å². The van der Waals surface area contributed by atoms with Crippen molar-refractivity contribution >= 4 is 17.2 Å². The molecule has 1 N–H and O–H groups in total. The first-order valence-electron chi connectivity index (χ1n) is 8.95. The predicted molar refractivity (Wildman–Crippen MR) is 108 cm³/mol. The second-order valence-electron chi connectivity index (χ2n) is 6.60. The van der Waals surface area contributed by atoms with Crippen molar-refractivity contribution in [2.75, 3.05) is 0 Å². The summed E-state index contributed by atoms with van der Waals surface area (Å²) in [4.78, 5) is 16.8. The fraction of sp³-hybridized carbons (Fsp3) is 0.190. The van der Waals surface area contributed by atoms with E-state index >= 15 is 0 Å². The molecular weight excluding hydrogens is 372 g/mol. The average molecular weight is 392 g/mol. The maximum Gasteiger partial charge on any atom is 0.271 e. The van der Waals surface area contributed by atoms with Crippen LogP contribution in [0.1, 0.15) is 33.0 Å². The Morgan fingerprint density at radius 1 is 1.18 bits per heavy atom. The van der Waals surface area contributed by atoms with Gasteiger partial charge in [0.15, 0.2) is 10.8 Å². The van der Waals surface area contributed by atoms with Crippen LogP contribution < -0.4 is 5.32 Å². The third kappa shape index (κ3) is 4.04. The monoisotopic (exact) mass is 392 g/mol. The van der Waals surface area contributed by atoms with E-state index in [1.165, 1.54) is 11.3 Å². The van der Waals surface area contributed by atoms with Crippen molar-refractivity contribution in [2.24, 2.45) is 0 Å². The fourth-order valence-electron chi connectivity index (χ4n) is 3.01. The number of nitrogens with zero attached hydrogens (tertiary/aromatic N) is 3. The highest BCUT2D eigenvalue weighted by Crippen LogP contribution is 2.23. The van der Waals surface area contributed by atoms with Gasteiger partial charge < -0.3 is 9.73 Å². The number of benzene rings is 1. The summed E-state index contributed by atoms with van der Waals surface area (Å²) in [5, 5.41) is 9.88. The zero-order chi connectivity index (χ0) is 19.5. The van der Waals surface area contributed by atoms with E-state index in [4.69, 9.17) is 4.42 Å². The van der Waals surface area contributed by atoms with Crippen molar-refractivity contribution in [3.05, 3.63) is 82.3 Å². The van der Waals surface area contributed by atoms with E-state index in [0.29, 0.717) is 29.6 Å². The van der Waals surface area contributed by atoms with E-state index in [2.05, 4.69) is 40.5 Å². The normalized spacial score (nSPS) is 10.9. The first-order chi connectivity index (χ1) is 13.6. The lowest BCUT2D eigenvalue weighted by Gasteiger charge is -2.08. The number of carbonyl (C=O) groups excluding carboxylic acids is 1.